The van der Waals surface area contributed by atoms with Crippen molar-refractivity contribution in [2.75, 3.05) is 0 Å². The van der Waals surface area contributed by atoms with Crippen molar-refractivity contribution in [2.45, 2.75) is 6.54 Å². The second kappa shape index (κ2) is 4.97. The Labute approximate surface area is 102 Å². The van der Waals surface area contributed by atoms with Crippen molar-refractivity contribution < 1.29 is 9.18 Å². The first kappa shape index (κ1) is 11.6. The highest BCUT2D eigenvalue weighted by Crippen LogP contribution is 2.17. The number of hydrogen-bond acceptors (Lipinski definition) is 2. The van der Waals surface area contributed by atoms with Crippen molar-refractivity contribution in [1.29, 1.82) is 0 Å². The van der Waals surface area contributed by atoms with Gasteiger partial charge in [-0.2, -0.15) is 5.10 Å². The Balaban J connectivity index is 2.04. The molecule has 6 heteroatoms. The van der Waals surface area contributed by atoms with Crippen LogP contribution in [0.5, 0.6) is 0 Å². The standard InChI is InChI=1S/C11H9ClFN3O/c12-10-3-8(13)1-2-9(10)11(17)14-4-7-5-15-16-6-7/h1-3,5-6H,4H2,(H,14,17)(H,15,16). The number of amides is 1. The monoisotopic (exact) mass is 253 g/mol. The fraction of sp³-hybridized carbons (Fsp3) is 0.0909. The van der Waals surface area contributed by atoms with Gasteiger partial charge < -0.3 is 5.32 Å². The molecule has 17 heavy (non-hydrogen) atoms. The fourth-order valence-corrected chi connectivity index (χ4v) is 1.58. The molecule has 2 N–H and O–H groups in total. The van der Waals surface area contributed by atoms with Gasteiger partial charge in [0.05, 0.1) is 16.8 Å². The van der Waals surface area contributed by atoms with E-state index in [9.17, 15) is 9.18 Å². The lowest BCUT2D eigenvalue weighted by Gasteiger charge is -2.05. The number of nitrogens with one attached hydrogen (secondary N) is 2. The molecule has 0 aliphatic carbocycles. The molecule has 0 unspecified atom stereocenters. The van der Waals surface area contributed by atoms with E-state index in [2.05, 4.69) is 15.5 Å². The van der Waals surface area contributed by atoms with Gasteiger partial charge in [-0.1, -0.05) is 11.6 Å². The zero-order valence-electron chi connectivity index (χ0n) is 8.71. The summed E-state index contributed by atoms with van der Waals surface area (Å²) < 4.78 is 12.8. The molecular weight excluding hydrogens is 245 g/mol. The molecule has 1 aromatic carbocycles. The Kier molecular flexibility index (Phi) is 3.39. The third-order valence-corrected chi connectivity index (χ3v) is 2.50. The topological polar surface area (TPSA) is 57.8 Å². The van der Waals surface area contributed by atoms with Crippen LogP contribution in [0.2, 0.25) is 5.02 Å². The second-order valence-electron chi connectivity index (χ2n) is 3.41. The van der Waals surface area contributed by atoms with Crippen molar-refractivity contribution >= 4 is 17.5 Å². The van der Waals surface area contributed by atoms with Crippen molar-refractivity contribution in [3.8, 4) is 0 Å². The summed E-state index contributed by atoms with van der Waals surface area (Å²) >= 11 is 5.77. The fourth-order valence-electron chi connectivity index (χ4n) is 1.33. The van der Waals surface area contributed by atoms with E-state index in [4.69, 9.17) is 11.6 Å². The predicted molar refractivity (Wildman–Crippen MR) is 61.2 cm³/mol. The first-order valence-electron chi connectivity index (χ1n) is 4.88. The summed E-state index contributed by atoms with van der Waals surface area (Å²) in [5, 5.41) is 9.13. The largest absolute Gasteiger partial charge is 0.348 e. The van der Waals surface area contributed by atoms with Crippen LogP contribution in [0.15, 0.2) is 30.6 Å². The van der Waals surface area contributed by atoms with Gasteiger partial charge in [0, 0.05) is 18.3 Å². The van der Waals surface area contributed by atoms with Crippen LogP contribution in [0.1, 0.15) is 15.9 Å². The van der Waals surface area contributed by atoms with E-state index in [0.717, 1.165) is 11.6 Å². The molecule has 2 aromatic rings. The zero-order valence-corrected chi connectivity index (χ0v) is 9.46. The Morgan fingerprint density at radius 3 is 3.00 bits per heavy atom. The molecule has 4 nitrogen and oxygen atoms in total. The first-order valence-corrected chi connectivity index (χ1v) is 5.25. The number of nitrogens with zero attached hydrogens (tertiary/aromatic N) is 1. The number of carbonyl (C=O) groups excluding carboxylic acids is 1. The molecule has 0 saturated carbocycles. The van der Waals surface area contributed by atoms with Gasteiger partial charge in [-0.05, 0) is 18.2 Å². The van der Waals surface area contributed by atoms with E-state index in [1.807, 2.05) is 0 Å². The maximum Gasteiger partial charge on any atom is 0.253 e. The zero-order chi connectivity index (χ0) is 12.3. The number of carbonyl (C=O) groups is 1. The molecule has 0 fully saturated rings. The van der Waals surface area contributed by atoms with Crippen molar-refractivity contribution in [1.82, 2.24) is 15.5 Å². The van der Waals surface area contributed by atoms with E-state index in [1.165, 1.54) is 12.1 Å². The number of hydrogen-bond donors (Lipinski definition) is 2. The molecule has 1 aromatic heterocycles. The van der Waals surface area contributed by atoms with Gasteiger partial charge in [-0.15, -0.1) is 0 Å². The van der Waals surface area contributed by atoms with Crippen LogP contribution in [0, 0.1) is 5.82 Å². The van der Waals surface area contributed by atoms with Gasteiger partial charge in [-0.25, -0.2) is 4.39 Å². The summed E-state index contributed by atoms with van der Waals surface area (Å²) in [6, 6.07) is 3.65. The number of H-pyrrole nitrogens is 1. The maximum absolute atomic E-state index is 12.8. The van der Waals surface area contributed by atoms with Gasteiger partial charge in [0.1, 0.15) is 5.82 Å². The van der Waals surface area contributed by atoms with Crippen LogP contribution in [0.3, 0.4) is 0 Å². The second-order valence-corrected chi connectivity index (χ2v) is 3.82. The van der Waals surface area contributed by atoms with Crippen molar-refractivity contribution in [3.05, 3.63) is 52.6 Å². The summed E-state index contributed by atoms with van der Waals surface area (Å²) in [6.45, 7) is 0.336. The Bertz CT molecular complexity index is 528. The lowest BCUT2D eigenvalue weighted by atomic mass is 10.2. The summed E-state index contributed by atoms with van der Waals surface area (Å²) in [4.78, 5) is 11.7. The minimum atomic E-state index is -0.471. The Morgan fingerprint density at radius 1 is 1.53 bits per heavy atom. The first-order chi connectivity index (χ1) is 8.16. The quantitative estimate of drug-likeness (QED) is 0.880. The average molecular weight is 254 g/mol. The van der Waals surface area contributed by atoms with Gasteiger partial charge in [-0.3, -0.25) is 9.89 Å². The SMILES string of the molecule is O=C(NCc1cn[nH]c1)c1ccc(F)cc1Cl. The highest BCUT2D eigenvalue weighted by Gasteiger charge is 2.10. The minimum Gasteiger partial charge on any atom is -0.348 e. The molecule has 0 aliphatic heterocycles. The van der Waals surface area contributed by atoms with Gasteiger partial charge in [0.2, 0.25) is 0 Å². The predicted octanol–water partition coefficient (Wildman–Crippen LogP) is 2.13. The molecular formula is C11H9ClFN3O. The third-order valence-electron chi connectivity index (χ3n) is 2.18. The van der Waals surface area contributed by atoms with Gasteiger partial charge >= 0.3 is 0 Å². The van der Waals surface area contributed by atoms with E-state index in [0.29, 0.717) is 6.54 Å². The maximum atomic E-state index is 12.8. The summed E-state index contributed by atoms with van der Waals surface area (Å²) in [7, 11) is 0. The van der Waals surface area contributed by atoms with Crippen LogP contribution >= 0.6 is 11.6 Å². The van der Waals surface area contributed by atoms with Gasteiger partial charge in [0.25, 0.3) is 5.91 Å². The Morgan fingerprint density at radius 2 is 2.35 bits per heavy atom. The van der Waals surface area contributed by atoms with E-state index in [1.54, 1.807) is 12.4 Å². The molecule has 0 aliphatic rings. The van der Waals surface area contributed by atoms with E-state index < -0.39 is 5.82 Å². The van der Waals surface area contributed by atoms with E-state index >= 15 is 0 Å². The molecule has 0 bridgehead atoms. The molecule has 88 valence electrons. The molecule has 1 heterocycles. The highest BCUT2D eigenvalue weighted by molar-refractivity contribution is 6.33. The van der Waals surface area contributed by atoms with Crippen molar-refractivity contribution in [2.24, 2.45) is 0 Å². The summed E-state index contributed by atoms with van der Waals surface area (Å²) in [6.07, 6.45) is 3.28. The number of rotatable bonds is 3. The average Bonchev–Trinajstić information content (AvgIpc) is 2.78. The molecule has 0 radical (unpaired) electrons. The molecule has 0 saturated heterocycles. The molecule has 2 rings (SSSR count). The smallest absolute Gasteiger partial charge is 0.253 e. The lowest BCUT2D eigenvalue weighted by Crippen LogP contribution is -2.22. The molecule has 0 atom stereocenters. The van der Waals surface area contributed by atoms with Gasteiger partial charge in [0.15, 0.2) is 0 Å². The number of aromatic nitrogens is 2. The Hall–Kier alpha value is -1.88. The summed E-state index contributed by atoms with van der Waals surface area (Å²) in [5.74, 6) is -0.822. The van der Waals surface area contributed by atoms with Crippen LogP contribution < -0.4 is 5.32 Å². The minimum absolute atomic E-state index is 0.0923. The van der Waals surface area contributed by atoms with E-state index in [-0.39, 0.29) is 16.5 Å². The normalized spacial score (nSPS) is 10.2. The van der Waals surface area contributed by atoms with Crippen LogP contribution in [0.4, 0.5) is 4.39 Å². The summed E-state index contributed by atoms with van der Waals surface area (Å²) in [5.41, 5.74) is 1.09. The third kappa shape index (κ3) is 2.82. The highest BCUT2D eigenvalue weighted by atomic mass is 35.5. The number of benzene rings is 1. The number of halogens is 2. The van der Waals surface area contributed by atoms with Crippen molar-refractivity contribution in [3.63, 3.8) is 0 Å². The van der Waals surface area contributed by atoms with Crippen LogP contribution in [-0.4, -0.2) is 16.1 Å². The van der Waals surface area contributed by atoms with Crippen LogP contribution in [0.25, 0.3) is 0 Å². The molecule has 0 spiro atoms. The lowest BCUT2D eigenvalue weighted by molar-refractivity contribution is 0.0951. The molecule has 1 amide bonds. The number of aromatic amines is 1. The van der Waals surface area contributed by atoms with Crippen LogP contribution in [-0.2, 0) is 6.54 Å².